The number of rotatable bonds is 2. The number of carbonyl (C=O) groups excluding carboxylic acids is 2. The molecule has 0 aliphatic rings. The molecule has 86 valence electrons. The molecule has 1 aromatic heterocycles. The van der Waals surface area contributed by atoms with Gasteiger partial charge >= 0.3 is 12.1 Å². The van der Waals surface area contributed by atoms with Crippen LogP contribution in [0.1, 0.15) is 5.76 Å². The molecule has 0 radical (unpaired) electrons. The highest BCUT2D eigenvalue weighted by atomic mass is 16.7. The minimum absolute atomic E-state index is 0.440. The van der Waals surface area contributed by atoms with E-state index >= 15 is 0 Å². The van der Waals surface area contributed by atoms with Crippen LogP contribution in [0.5, 0.6) is 0 Å². The molecule has 0 saturated heterocycles. The summed E-state index contributed by atoms with van der Waals surface area (Å²) in [5.74, 6) is 0.440. The summed E-state index contributed by atoms with van der Waals surface area (Å²) in [6.07, 6.45) is 1.79. The third kappa shape index (κ3) is 3.12. The number of carbonyl (C=O) groups is 2. The van der Waals surface area contributed by atoms with Gasteiger partial charge in [0.25, 0.3) is 0 Å². The zero-order valence-corrected chi connectivity index (χ0v) is 8.84. The Balaban J connectivity index is 2.44. The van der Waals surface area contributed by atoms with Crippen LogP contribution in [0, 0.1) is 0 Å². The average Bonchev–Trinajstić information content (AvgIpc) is 2.79. The lowest BCUT2D eigenvalue weighted by atomic mass is 10.5. The third-order valence-corrected chi connectivity index (χ3v) is 1.65. The zero-order chi connectivity index (χ0) is 12.0. The molecule has 1 N–H and O–H groups in total. The van der Waals surface area contributed by atoms with Crippen molar-refractivity contribution in [2.24, 2.45) is 5.16 Å². The van der Waals surface area contributed by atoms with Gasteiger partial charge in [-0.05, 0) is 12.1 Å². The molecule has 7 heteroatoms. The van der Waals surface area contributed by atoms with Gasteiger partial charge in [-0.15, -0.1) is 0 Å². The van der Waals surface area contributed by atoms with Crippen LogP contribution in [0.25, 0.3) is 0 Å². The predicted octanol–water partition coefficient (Wildman–Crippen LogP) is 1.02. The van der Waals surface area contributed by atoms with Crippen molar-refractivity contribution in [2.75, 3.05) is 14.1 Å². The van der Waals surface area contributed by atoms with Gasteiger partial charge in [-0.1, -0.05) is 5.16 Å². The molecule has 0 saturated carbocycles. The molecule has 0 unspecified atom stereocenters. The Bertz CT molecular complexity index is 385. The molecule has 0 bridgehead atoms. The first-order chi connectivity index (χ1) is 7.65. The first-order valence-corrected chi connectivity index (χ1v) is 4.38. The number of amides is 3. The molecule has 3 amide bonds. The summed E-state index contributed by atoms with van der Waals surface area (Å²) in [6, 6.07) is 2.72. The van der Waals surface area contributed by atoms with Crippen LogP contribution in [0.3, 0.4) is 0 Å². The van der Waals surface area contributed by atoms with Gasteiger partial charge in [-0.3, -0.25) is 4.84 Å². The summed E-state index contributed by atoms with van der Waals surface area (Å²) in [6.45, 7) is 0. The Morgan fingerprint density at radius 3 is 2.94 bits per heavy atom. The second-order valence-electron chi connectivity index (χ2n) is 2.72. The fourth-order valence-corrected chi connectivity index (χ4v) is 0.800. The van der Waals surface area contributed by atoms with E-state index in [9.17, 15) is 9.59 Å². The maximum absolute atomic E-state index is 11.2. The van der Waals surface area contributed by atoms with Gasteiger partial charge in [-0.25, -0.2) is 14.5 Å². The lowest BCUT2D eigenvalue weighted by Gasteiger charge is -2.10. The van der Waals surface area contributed by atoms with Crippen molar-refractivity contribution >= 4 is 18.3 Å². The van der Waals surface area contributed by atoms with Gasteiger partial charge in [0.2, 0.25) is 0 Å². The van der Waals surface area contributed by atoms with Crippen molar-refractivity contribution in [3.63, 3.8) is 0 Å². The van der Waals surface area contributed by atoms with E-state index in [1.165, 1.54) is 26.6 Å². The van der Waals surface area contributed by atoms with Gasteiger partial charge < -0.3 is 9.73 Å². The maximum atomic E-state index is 11.2. The lowest BCUT2D eigenvalue weighted by Crippen LogP contribution is -2.39. The van der Waals surface area contributed by atoms with E-state index in [0.29, 0.717) is 5.76 Å². The molecule has 7 nitrogen and oxygen atoms in total. The van der Waals surface area contributed by atoms with Gasteiger partial charge in [0.15, 0.2) is 0 Å². The number of oxime groups is 1. The lowest BCUT2D eigenvalue weighted by molar-refractivity contribution is 0.121. The van der Waals surface area contributed by atoms with Crippen LogP contribution >= 0.6 is 0 Å². The normalized spacial score (nSPS) is 10.1. The van der Waals surface area contributed by atoms with Gasteiger partial charge in [-0.2, -0.15) is 0 Å². The van der Waals surface area contributed by atoms with Crippen molar-refractivity contribution in [3.05, 3.63) is 24.2 Å². The van der Waals surface area contributed by atoms with Crippen LogP contribution in [0.2, 0.25) is 0 Å². The number of hydrogen-bond acceptors (Lipinski definition) is 5. The van der Waals surface area contributed by atoms with Crippen LogP contribution in [-0.2, 0) is 4.84 Å². The molecule has 1 aromatic rings. The molecule has 0 aliphatic carbocycles. The standard InChI is InChI=1S/C9H11N3O4/c1-10-8(13)12(2)9(14)16-11-6-7-4-3-5-15-7/h3-6H,1-2H3,(H,10,13). The largest absolute Gasteiger partial charge is 0.463 e. The van der Waals surface area contributed by atoms with Crippen LogP contribution in [0.15, 0.2) is 28.0 Å². The minimum Gasteiger partial charge on any atom is -0.463 e. The molecule has 16 heavy (non-hydrogen) atoms. The predicted molar refractivity (Wildman–Crippen MR) is 55.0 cm³/mol. The summed E-state index contributed by atoms with van der Waals surface area (Å²) in [5, 5.41) is 5.63. The number of nitrogens with zero attached hydrogens (tertiary/aromatic N) is 2. The van der Waals surface area contributed by atoms with E-state index in [1.54, 1.807) is 12.1 Å². The molecule has 0 spiro atoms. The highest BCUT2D eigenvalue weighted by Crippen LogP contribution is 1.96. The quantitative estimate of drug-likeness (QED) is 0.462. The first kappa shape index (κ1) is 11.8. The van der Waals surface area contributed by atoms with E-state index in [2.05, 4.69) is 15.3 Å². The van der Waals surface area contributed by atoms with Crippen LogP contribution < -0.4 is 5.32 Å². The SMILES string of the molecule is CNC(=O)N(C)C(=O)ON=Cc1ccco1. The second-order valence-corrected chi connectivity index (χ2v) is 2.72. The summed E-state index contributed by atoms with van der Waals surface area (Å²) in [4.78, 5) is 27.3. The Kier molecular flexibility index (Phi) is 4.07. The highest BCUT2D eigenvalue weighted by Gasteiger charge is 2.16. The number of hydrogen-bond donors (Lipinski definition) is 1. The number of urea groups is 1. The zero-order valence-electron chi connectivity index (χ0n) is 8.84. The van der Waals surface area contributed by atoms with E-state index in [-0.39, 0.29) is 0 Å². The van der Waals surface area contributed by atoms with Crippen LogP contribution in [-0.4, -0.2) is 37.3 Å². The molecule has 0 fully saturated rings. The summed E-state index contributed by atoms with van der Waals surface area (Å²) >= 11 is 0. The van der Waals surface area contributed by atoms with Crippen molar-refractivity contribution in [2.45, 2.75) is 0 Å². The number of nitrogens with one attached hydrogen (secondary N) is 1. The van der Waals surface area contributed by atoms with Crippen molar-refractivity contribution in [1.82, 2.24) is 10.2 Å². The molecule has 0 aliphatic heterocycles. The average molecular weight is 225 g/mol. The topological polar surface area (TPSA) is 84.1 Å². The minimum atomic E-state index is -0.887. The Hall–Kier alpha value is -2.31. The summed E-state index contributed by atoms with van der Waals surface area (Å²) < 4.78 is 4.91. The van der Waals surface area contributed by atoms with Crippen molar-refractivity contribution in [3.8, 4) is 0 Å². The van der Waals surface area contributed by atoms with Gasteiger partial charge in [0.1, 0.15) is 12.0 Å². The smallest absolute Gasteiger partial charge is 0.443 e. The molecule has 1 heterocycles. The van der Waals surface area contributed by atoms with E-state index < -0.39 is 12.1 Å². The molecule has 0 atom stereocenters. The maximum Gasteiger partial charge on any atom is 0.443 e. The summed E-state index contributed by atoms with van der Waals surface area (Å²) in [5.41, 5.74) is 0. The number of imide groups is 1. The van der Waals surface area contributed by atoms with Crippen molar-refractivity contribution in [1.29, 1.82) is 0 Å². The fourth-order valence-electron chi connectivity index (χ4n) is 0.800. The molecule has 1 rings (SSSR count). The fraction of sp³-hybridized carbons (Fsp3) is 0.222. The van der Waals surface area contributed by atoms with Crippen LogP contribution in [0.4, 0.5) is 9.59 Å². The Labute approximate surface area is 91.6 Å². The Morgan fingerprint density at radius 2 is 2.38 bits per heavy atom. The summed E-state index contributed by atoms with van der Waals surface area (Å²) in [7, 11) is 2.67. The monoisotopic (exact) mass is 225 g/mol. The molecule has 0 aromatic carbocycles. The van der Waals surface area contributed by atoms with Gasteiger partial charge in [0, 0.05) is 14.1 Å². The van der Waals surface area contributed by atoms with Crippen molar-refractivity contribution < 1.29 is 18.8 Å². The first-order valence-electron chi connectivity index (χ1n) is 4.38. The number of furan rings is 1. The molecular formula is C9H11N3O4. The third-order valence-electron chi connectivity index (χ3n) is 1.65. The second kappa shape index (κ2) is 5.54. The van der Waals surface area contributed by atoms with Gasteiger partial charge in [0.05, 0.1) is 6.26 Å². The van der Waals surface area contributed by atoms with E-state index in [1.807, 2.05) is 0 Å². The molecular weight excluding hydrogens is 214 g/mol. The van der Waals surface area contributed by atoms with E-state index in [0.717, 1.165) is 4.90 Å². The van der Waals surface area contributed by atoms with E-state index in [4.69, 9.17) is 4.42 Å². The Morgan fingerprint density at radius 1 is 1.62 bits per heavy atom. The highest BCUT2D eigenvalue weighted by molar-refractivity contribution is 5.90.